The zero-order chi connectivity index (χ0) is 17.4. The maximum absolute atomic E-state index is 12.1. The predicted molar refractivity (Wildman–Crippen MR) is 97.4 cm³/mol. The molecular formula is C17H24N6O. The second kappa shape index (κ2) is 8.83. The van der Waals surface area contributed by atoms with Crippen molar-refractivity contribution in [3.8, 4) is 0 Å². The van der Waals surface area contributed by atoms with Crippen molar-refractivity contribution >= 4 is 23.5 Å². The Kier molecular flexibility index (Phi) is 6.51. The van der Waals surface area contributed by atoms with Crippen molar-refractivity contribution in [2.24, 2.45) is 5.73 Å². The first-order chi connectivity index (χ1) is 11.6. The van der Waals surface area contributed by atoms with Crippen LogP contribution in [0.1, 0.15) is 24.1 Å². The monoisotopic (exact) mass is 328 g/mol. The summed E-state index contributed by atoms with van der Waals surface area (Å²) in [5.74, 6) is 0.951. The molecule has 0 aliphatic rings. The summed E-state index contributed by atoms with van der Waals surface area (Å²) in [6, 6.07) is 9.04. The van der Waals surface area contributed by atoms with Crippen molar-refractivity contribution in [2.45, 2.75) is 26.7 Å². The lowest BCUT2D eigenvalue weighted by molar-refractivity contribution is 0.262. The Morgan fingerprint density at radius 1 is 1.12 bits per heavy atom. The lowest BCUT2D eigenvalue weighted by Crippen LogP contribution is -2.21. The van der Waals surface area contributed by atoms with E-state index >= 15 is 0 Å². The fraction of sp³-hybridized carbons (Fsp3) is 0.353. The molecule has 1 aromatic heterocycles. The number of carbonyl (C=O) groups excluding carboxylic acids is 1. The van der Waals surface area contributed by atoms with Crippen LogP contribution >= 0.6 is 0 Å². The Balaban J connectivity index is 1.95. The lowest BCUT2D eigenvalue weighted by Gasteiger charge is -2.10. The van der Waals surface area contributed by atoms with Crippen molar-refractivity contribution < 1.29 is 4.79 Å². The summed E-state index contributed by atoms with van der Waals surface area (Å²) in [6.45, 7) is 5.28. The lowest BCUT2D eigenvalue weighted by atomic mass is 10.2. The average Bonchev–Trinajstić information content (AvgIpc) is 2.51. The van der Waals surface area contributed by atoms with E-state index in [1.165, 1.54) is 0 Å². The zero-order valence-corrected chi connectivity index (χ0v) is 14.1. The van der Waals surface area contributed by atoms with Gasteiger partial charge in [-0.1, -0.05) is 12.1 Å². The van der Waals surface area contributed by atoms with E-state index in [0.717, 1.165) is 36.3 Å². The minimum absolute atomic E-state index is 0.265. The number of hydrogen-bond donors (Lipinski definition) is 4. The highest BCUT2D eigenvalue weighted by atomic mass is 16.2. The van der Waals surface area contributed by atoms with Gasteiger partial charge < -0.3 is 16.4 Å². The van der Waals surface area contributed by atoms with Crippen molar-refractivity contribution in [3.63, 3.8) is 0 Å². The number of amides is 2. The minimum Gasteiger partial charge on any atom is -0.370 e. The molecule has 128 valence electrons. The van der Waals surface area contributed by atoms with Crippen molar-refractivity contribution in [1.29, 1.82) is 0 Å². The number of anilines is 3. The zero-order valence-electron chi connectivity index (χ0n) is 14.1. The van der Waals surface area contributed by atoms with Gasteiger partial charge in [0, 0.05) is 24.0 Å². The molecule has 0 bridgehead atoms. The van der Waals surface area contributed by atoms with Gasteiger partial charge in [0.1, 0.15) is 5.82 Å². The molecule has 7 heteroatoms. The number of aryl methyl sites for hydroxylation is 2. The molecule has 0 spiro atoms. The van der Waals surface area contributed by atoms with Gasteiger partial charge in [-0.3, -0.25) is 5.32 Å². The van der Waals surface area contributed by atoms with Crippen LogP contribution in [0.15, 0.2) is 30.3 Å². The summed E-state index contributed by atoms with van der Waals surface area (Å²) >= 11 is 0. The Labute approximate surface area is 142 Å². The predicted octanol–water partition coefficient (Wildman–Crippen LogP) is 2.89. The smallest absolute Gasteiger partial charge is 0.326 e. The summed E-state index contributed by atoms with van der Waals surface area (Å²) in [5.41, 5.74) is 8.05. The van der Waals surface area contributed by atoms with Gasteiger partial charge >= 0.3 is 6.03 Å². The molecule has 7 nitrogen and oxygen atoms in total. The van der Waals surface area contributed by atoms with Gasteiger partial charge in [-0.05, 0) is 50.9 Å². The molecule has 0 unspecified atom stereocenters. The van der Waals surface area contributed by atoms with Crippen LogP contribution < -0.4 is 21.7 Å². The number of aromatic nitrogens is 2. The van der Waals surface area contributed by atoms with Crippen LogP contribution in [-0.2, 0) is 0 Å². The third-order valence-corrected chi connectivity index (χ3v) is 3.29. The Hall–Kier alpha value is -2.67. The maximum atomic E-state index is 12.1. The normalized spacial score (nSPS) is 10.3. The summed E-state index contributed by atoms with van der Waals surface area (Å²) < 4.78 is 0. The molecule has 0 atom stereocenters. The summed E-state index contributed by atoms with van der Waals surface area (Å²) in [7, 11) is 0. The first-order valence-electron chi connectivity index (χ1n) is 8.01. The Morgan fingerprint density at radius 2 is 1.96 bits per heavy atom. The number of benzene rings is 1. The van der Waals surface area contributed by atoms with Gasteiger partial charge in [0.05, 0.1) is 0 Å². The standard InChI is InChI=1S/C17H24N6O/c1-12-6-5-7-14(10-12)21-17(24)23-16-20-13(2)11-15(22-16)19-9-4-3-8-18/h5-7,10-11H,3-4,8-9,18H2,1-2H3,(H3,19,20,21,22,23,24). The second-order valence-electron chi connectivity index (χ2n) is 5.59. The molecule has 2 amide bonds. The molecule has 0 saturated heterocycles. The molecule has 0 fully saturated rings. The largest absolute Gasteiger partial charge is 0.370 e. The molecule has 0 aliphatic carbocycles. The maximum Gasteiger partial charge on any atom is 0.326 e. The number of urea groups is 1. The molecule has 2 aromatic rings. The van der Waals surface area contributed by atoms with Gasteiger partial charge in [-0.2, -0.15) is 4.98 Å². The summed E-state index contributed by atoms with van der Waals surface area (Å²) in [5, 5.41) is 8.64. The molecule has 0 saturated carbocycles. The second-order valence-corrected chi connectivity index (χ2v) is 5.59. The van der Waals surface area contributed by atoms with Crippen LogP contribution in [0, 0.1) is 13.8 Å². The fourth-order valence-corrected chi connectivity index (χ4v) is 2.19. The van der Waals surface area contributed by atoms with E-state index in [0.29, 0.717) is 12.4 Å². The first kappa shape index (κ1) is 17.7. The highest BCUT2D eigenvalue weighted by molar-refractivity contribution is 5.98. The number of hydrogen-bond acceptors (Lipinski definition) is 5. The van der Waals surface area contributed by atoms with Gasteiger partial charge in [-0.15, -0.1) is 0 Å². The van der Waals surface area contributed by atoms with Crippen molar-refractivity contribution in [1.82, 2.24) is 9.97 Å². The van der Waals surface area contributed by atoms with E-state index in [4.69, 9.17) is 5.73 Å². The number of nitrogens with zero attached hydrogens (tertiary/aromatic N) is 2. The third-order valence-electron chi connectivity index (χ3n) is 3.29. The van der Waals surface area contributed by atoms with Crippen LogP contribution in [0.5, 0.6) is 0 Å². The molecule has 2 rings (SSSR count). The number of unbranched alkanes of at least 4 members (excludes halogenated alkanes) is 1. The molecule has 24 heavy (non-hydrogen) atoms. The van der Waals surface area contributed by atoms with Crippen LogP contribution in [-0.4, -0.2) is 29.1 Å². The molecule has 1 heterocycles. The van der Waals surface area contributed by atoms with Crippen molar-refractivity contribution in [3.05, 3.63) is 41.6 Å². The van der Waals surface area contributed by atoms with Gasteiger partial charge in [0.25, 0.3) is 0 Å². The highest BCUT2D eigenvalue weighted by Crippen LogP contribution is 2.12. The third kappa shape index (κ3) is 5.85. The van der Waals surface area contributed by atoms with E-state index in [1.807, 2.05) is 44.2 Å². The van der Waals surface area contributed by atoms with E-state index in [2.05, 4.69) is 25.9 Å². The fourth-order valence-electron chi connectivity index (χ4n) is 2.19. The van der Waals surface area contributed by atoms with Crippen LogP contribution in [0.3, 0.4) is 0 Å². The van der Waals surface area contributed by atoms with Crippen LogP contribution in [0.25, 0.3) is 0 Å². The molecule has 5 N–H and O–H groups in total. The van der Waals surface area contributed by atoms with E-state index in [-0.39, 0.29) is 12.0 Å². The molecule has 0 aliphatic heterocycles. The topological polar surface area (TPSA) is 105 Å². The number of nitrogens with one attached hydrogen (secondary N) is 3. The first-order valence-corrected chi connectivity index (χ1v) is 8.01. The number of rotatable bonds is 7. The minimum atomic E-state index is -0.375. The molecular weight excluding hydrogens is 304 g/mol. The SMILES string of the molecule is Cc1cccc(NC(=O)Nc2nc(C)cc(NCCCCN)n2)c1. The highest BCUT2D eigenvalue weighted by Gasteiger charge is 2.07. The summed E-state index contributed by atoms with van der Waals surface area (Å²) in [6.07, 6.45) is 1.93. The number of nitrogens with two attached hydrogens (primary N) is 1. The summed E-state index contributed by atoms with van der Waals surface area (Å²) in [4.78, 5) is 20.6. The average molecular weight is 328 g/mol. The quantitative estimate of drug-likeness (QED) is 0.585. The molecule has 0 radical (unpaired) electrons. The Bertz CT molecular complexity index is 689. The molecule has 1 aromatic carbocycles. The van der Waals surface area contributed by atoms with E-state index < -0.39 is 0 Å². The van der Waals surface area contributed by atoms with Gasteiger partial charge in [0.2, 0.25) is 5.95 Å². The van der Waals surface area contributed by atoms with E-state index in [1.54, 1.807) is 0 Å². The van der Waals surface area contributed by atoms with Crippen LogP contribution in [0.4, 0.5) is 22.2 Å². The van der Waals surface area contributed by atoms with Crippen molar-refractivity contribution in [2.75, 3.05) is 29.0 Å². The van der Waals surface area contributed by atoms with Gasteiger partial charge in [-0.25, -0.2) is 9.78 Å². The van der Waals surface area contributed by atoms with Gasteiger partial charge in [0.15, 0.2) is 0 Å². The van der Waals surface area contributed by atoms with Crippen LogP contribution in [0.2, 0.25) is 0 Å². The van der Waals surface area contributed by atoms with E-state index in [9.17, 15) is 4.79 Å². The number of carbonyl (C=O) groups is 1. The Morgan fingerprint density at radius 3 is 2.71 bits per heavy atom.